The molecule has 6 nitrogen and oxygen atoms in total. The number of amides is 2. The summed E-state index contributed by atoms with van der Waals surface area (Å²) in [5.74, 6) is 0.377. The Morgan fingerprint density at radius 2 is 1.86 bits per heavy atom. The SMILES string of the molecule is N#Cc1ccc(NC(=O)Nc2nc3ccccc3[nH]2)cc1. The molecular formula is C15H11N5O. The smallest absolute Gasteiger partial charge is 0.324 e. The minimum absolute atomic E-state index is 0.377. The molecule has 0 saturated heterocycles. The zero-order chi connectivity index (χ0) is 14.7. The van der Waals surface area contributed by atoms with Crippen molar-refractivity contribution in [2.45, 2.75) is 0 Å². The minimum atomic E-state index is -0.404. The fourth-order valence-electron chi connectivity index (χ4n) is 1.91. The summed E-state index contributed by atoms with van der Waals surface area (Å²) in [6.07, 6.45) is 0. The maximum absolute atomic E-state index is 11.9. The van der Waals surface area contributed by atoms with Crippen molar-refractivity contribution in [2.75, 3.05) is 10.6 Å². The maximum Gasteiger partial charge on any atom is 0.326 e. The number of urea groups is 1. The van der Waals surface area contributed by atoms with Crippen molar-refractivity contribution in [3.05, 3.63) is 54.1 Å². The second kappa shape index (κ2) is 5.35. The highest BCUT2D eigenvalue weighted by molar-refractivity contribution is 5.99. The average molecular weight is 277 g/mol. The van der Waals surface area contributed by atoms with Crippen molar-refractivity contribution in [1.82, 2.24) is 9.97 Å². The molecule has 21 heavy (non-hydrogen) atoms. The van der Waals surface area contributed by atoms with Crippen LogP contribution in [0.4, 0.5) is 16.4 Å². The van der Waals surface area contributed by atoms with Gasteiger partial charge in [0, 0.05) is 5.69 Å². The van der Waals surface area contributed by atoms with E-state index >= 15 is 0 Å². The van der Waals surface area contributed by atoms with Crippen molar-refractivity contribution in [2.24, 2.45) is 0 Å². The number of nitrogens with zero attached hydrogens (tertiary/aromatic N) is 2. The lowest BCUT2D eigenvalue weighted by Gasteiger charge is -2.05. The molecule has 0 unspecified atom stereocenters. The van der Waals surface area contributed by atoms with Crippen LogP contribution >= 0.6 is 0 Å². The molecule has 3 aromatic rings. The molecule has 2 aromatic carbocycles. The van der Waals surface area contributed by atoms with Crippen LogP contribution in [0.5, 0.6) is 0 Å². The molecule has 0 aliphatic heterocycles. The van der Waals surface area contributed by atoms with Crippen LogP contribution in [0.3, 0.4) is 0 Å². The number of aromatic nitrogens is 2. The predicted octanol–water partition coefficient (Wildman–Crippen LogP) is 3.08. The third-order valence-corrected chi connectivity index (χ3v) is 2.89. The van der Waals surface area contributed by atoms with E-state index in [1.165, 1.54) is 0 Å². The zero-order valence-electron chi connectivity index (χ0n) is 10.9. The van der Waals surface area contributed by atoms with Gasteiger partial charge in [0.15, 0.2) is 0 Å². The van der Waals surface area contributed by atoms with Crippen LogP contribution in [0, 0.1) is 11.3 Å². The van der Waals surface area contributed by atoms with Crippen LogP contribution in [0.1, 0.15) is 5.56 Å². The van der Waals surface area contributed by atoms with E-state index in [2.05, 4.69) is 20.6 Å². The fourth-order valence-corrected chi connectivity index (χ4v) is 1.91. The number of fused-ring (bicyclic) bond motifs is 1. The molecule has 0 saturated carbocycles. The molecule has 0 bridgehead atoms. The molecular weight excluding hydrogens is 266 g/mol. The highest BCUT2D eigenvalue weighted by Crippen LogP contribution is 2.14. The lowest BCUT2D eigenvalue weighted by Crippen LogP contribution is -2.20. The number of carbonyl (C=O) groups excluding carboxylic acids is 1. The summed E-state index contributed by atoms with van der Waals surface area (Å²) in [5, 5.41) is 14.0. The molecule has 0 radical (unpaired) electrons. The molecule has 1 heterocycles. The van der Waals surface area contributed by atoms with Crippen LogP contribution in [0.15, 0.2) is 48.5 Å². The first-order valence-corrected chi connectivity index (χ1v) is 6.27. The van der Waals surface area contributed by atoms with Gasteiger partial charge in [-0.15, -0.1) is 0 Å². The van der Waals surface area contributed by atoms with Gasteiger partial charge in [0.1, 0.15) is 0 Å². The molecule has 3 rings (SSSR count). The third-order valence-electron chi connectivity index (χ3n) is 2.89. The minimum Gasteiger partial charge on any atom is -0.324 e. The maximum atomic E-state index is 11.9. The van der Waals surface area contributed by atoms with E-state index in [9.17, 15) is 4.79 Å². The van der Waals surface area contributed by atoms with Gasteiger partial charge in [-0.05, 0) is 36.4 Å². The number of nitriles is 1. The van der Waals surface area contributed by atoms with Crippen molar-refractivity contribution >= 4 is 28.7 Å². The van der Waals surface area contributed by atoms with Gasteiger partial charge in [-0.3, -0.25) is 5.32 Å². The van der Waals surface area contributed by atoms with Gasteiger partial charge >= 0.3 is 6.03 Å². The quantitative estimate of drug-likeness (QED) is 0.672. The number of para-hydroxylation sites is 2. The second-order valence-corrected chi connectivity index (χ2v) is 4.37. The number of nitrogens with one attached hydrogen (secondary N) is 3. The number of carbonyl (C=O) groups is 1. The summed E-state index contributed by atoms with van der Waals surface area (Å²) >= 11 is 0. The molecule has 3 N–H and O–H groups in total. The molecule has 0 aliphatic rings. The number of H-pyrrole nitrogens is 1. The predicted molar refractivity (Wildman–Crippen MR) is 79.9 cm³/mol. The van der Waals surface area contributed by atoms with Crippen LogP contribution in [-0.2, 0) is 0 Å². The Morgan fingerprint density at radius 1 is 1.10 bits per heavy atom. The van der Waals surface area contributed by atoms with E-state index in [1.54, 1.807) is 24.3 Å². The fraction of sp³-hybridized carbons (Fsp3) is 0. The van der Waals surface area contributed by atoms with E-state index in [4.69, 9.17) is 5.26 Å². The summed E-state index contributed by atoms with van der Waals surface area (Å²) in [5.41, 5.74) is 2.78. The van der Waals surface area contributed by atoms with Crippen molar-refractivity contribution in [3.8, 4) is 6.07 Å². The Kier molecular flexibility index (Phi) is 3.23. The first kappa shape index (κ1) is 12.7. The van der Waals surface area contributed by atoms with Crippen LogP contribution in [0.25, 0.3) is 11.0 Å². The number of imidazole rings is 1. The Morgan fingerprint density at radius 3 is 2.57 bits per heavy atom. The highest BCUT2D eigenvalue weighted by Gasteiger charge is 2.06. The van der Waals surface area contributed by atoms with E-state index < -0.39 is 6.03 Å². The molecule has 0 fully saturated rings. The van der Waals surface area contributed by atoms with Gasteiger partial charge < -0.3 is 10.3 Å². The Bertz CT molecular complexity index is 796. The van der Waals surface area contributed by atoms with Crippen LogP contribution in [0.2, 0.25) is 0 Å². The van der Waals surface area contributed by atoms with Gasteiger partial charge in [0.2, 0.25) is 5.95 Å². The number of hydrogen-bond donors (Lipinski definition) is 3. The van der Waals surface area contributed by atoms with E-state index in [-0.39, 0.29) is 0 Å². The van der Waals surface area contributed by atoms with Gasteiger partial charge in [0.25, 0.3) is 0 Å². The van der Waals surface area contributed by atoms with Crippen molar-refractivity contribution in [1.29, 1.82) is 5.26 Å². The highest BCUT2D eigenvalue weighted by atomic mass is 16.2. The second-order valence-electron chi connectivity index (χ2n) is 4.37. The lowest BCUT2D eigenvalue weighted by atomic mass is 10.2. The molecule has 6 heteroatoms. The summed E-state index contributed by atoms with van der Waals surface area (Å²) in [4.78, 5) is 19.1. The van der Waals surface area contributed by atoms with Crippen molar-refractivity contribution in [3.63, 3.8) is 0 Å². The summed E-state index contributed by atoms with van der Waals surface area (Å²) in [6.45, 7) is 0. The monoisotopic (exact) mass is 277 g/mol. The van der Waals surface area contributed by atoms with Gasteiger partial charge in [-0.25, -0.2) is 9.78 Å². The topological polar surface area (TPSA) is 93.6 Å². The van der Waals surface area contributed by atoms with Gasteiger partial charge in [-0.1, -0.05) is 12.1 Å². The number of rotatable bonds is 2. The first-order chi connectivity index (χ1) is 10.2. The molecule has 1 aromatic heterocycles. The molecule has 0 atom stereocenters. The Balaban J connectivity index is 1.69. The number of hydrogen-bond acceptors (Lipinski definition) is 3. The van der Waals surface area contributed by atoms with E-state index in [1.807, 2.05) is 30.3 Å². The summed E-state index contributed by atoms with van der Waals surface area (Å²) in [7, 11) is 0. The number of anilines is 2. The average Bonchev–Trinajstić information content (AvgIpc) is 2.90. The Labute approximate surface area is 120 Å². The number of benzene rings is 2. The third kappa shape index (κ3) is 2.82. The lowest BCUT2D eigenvalue weighted by molar-refractivity contribution is 0.262. The first-order valence-electron chi connectivity index (χ1n) is 6.27. The number of aromatic amines is 1. The largest absolute Gasteiger partial charge is 0.326 e. The van der Waals surface area contributed by atoms with E-state index in [0.717, 1.165) is 11.0 Å². The molecule has 102 valence electrons. The Hall–Kier alpha value is -3.33. The normalized spacial score (nSPS) is 10.0. The molecule has 0 aliphatic carbocycles. The van der Waals surface area contributed by atoms with Crippen LogP contribution < -0.4 is 10.6 Å². The zero-order valence-corrected chi connectivity index (χ0v) is 10.9. The summed E-state index contributed by atoms with van der Waals surface area (Å²) < 4.78 is 0. The standard InChI is InChI=1S/C15H11N5O/c16-9-10-5-7-11(8-6-10)17-15(21)20-14-18-12-3-1-2-4-13(12)19-14/h1-8H,(H3,17,18,19,20,21). The van der Waals surface area contributed by atoms with E-state index in [0.29, 0.717) is 17.2 Å². The molecule has 0 spiro atoms. The molecule has 2 amide bonds. The van der Waals surface area contributed by atoms with Gasteiger partial charge in [0.05, 0.1) is 22.7 Å². The van der Waals surface area contributed by atoms with Crippen molar-refractivity contribution < 1.29 is 4.79 Å². The van der Waals surface area contributed by atoms with Crippen LogP contribution in [-0.4, -0.2) is 16.0 Å². The summed E-state index contributed by atoms with van der Waals surface area (Å²) in [6, 6.07) is 15.7. The van der Waals surface area contributed by atoms with Gasteiger partial charge in [-0.2, -0.15) is 5.26 Å².